The number of carbonyl (C=O) groups excluding carboxylic acids is 1. The van der Waals surface area contributed by atoms with Crippen molar-refractivity contribution in [1.29, 1.82) is 0 Å². The van der Waals surface area contributed by atoms with Gasteiger partial charge in [0.05, 0.1) is 11.5 Å². The van der Waals surface area contributed by atoms with E-state index in [1.807, 2.05) is 6.92 Å². The van der Waals surface area contributed by atoms with Gasteiger partial charge in [0.25, 0.3) is 0 Å². The third kappa shape index (κ3) is 4.59. The van der Waals surface area contributed by atoms with E-state index < -0.39 is 16.1 Å². The monoisotopic (exact) mass is 300 g/mol. The lowest BCUT2D eigenvalue weighted by Gasteiger charge is -2.19. The predicted molar refractivity (Wildman–Crippen MR) is 75.5 cm³/mol. The van der Waals surface area contributed by atoms with Crippen LogP contribution >= 0.6 is 0 Å². The first-order chi connectivity index (χ1) is 9.25. The Balaban J connectivity index is 2.83. The average molecular weight is 300 g/mol. The number of esters is 1. The van der Waals surface area contributed by atoms with Crippen LogP contribution in [0.15, 0.2) is 29.2 Å². The first-order valence-electron chi connectivity index (χ1n) is 6.31. The first-order valence-corrected chi connectivity index (χ1v) is 7.85. The number of nitrogens with two attached hydrogens (primary N) is 1. The van der Waals surface area contributed by atoms with Gasteiger partial charge in [-0.3, -0.25) is 10.1 Å². The molecule has 2 atom stereocenters. The van der Waals surface area contributed by atoms with Crippen molar-refractivity contribution >= 4 is 16.0 Å². The summed E-state index contributed by atoms with van der Waals surface area (Å²) >= 11 is 0. The van der Waals surface area contributed by atoms with Crippen molar-refractivity contribution in [2.24, 2.45) is 5.14 Å². The van der Waals surface area contributed by atoms with E-state index in [4.69, 9.17) is 9.88 Å². The average Bonchev–Trinajstić information content (AvgIpc) is 2.38. The predicted octanol–water partition coefficient (Wildman–Crippen LogP) is 0.936. The molecule has 0 aliphatic heterocycles. The van der Waals surface area contributed by atoms with Gasteiger partial charge in [-0.25, -0.2) is 13.6 Å². The lowest BCUT2D eigenvalue weighted by molar-refractivity contribution is -0.145. The number of carbonyl (C=O) groups is 1. The summed E-state index contributed by atoms with van der Waals surface area (Å²) in [6.45, 7) is 5.58. The Bertz CT molecular complexity index is 571. The molecule has 0 heterocycles. The van der Waals surface area contributed by atoms with Gasteiger partial charge in [-0.05, 0) is 38.5 Å². The van der Waals surface area contributed by atoms with Crippen LogP contribution in [0, 0.1) is 0 Å². The summed E-state index contributed by atoms with van der Waals surface area (Å²) in [5, 5.41) is 8.14. The Morgan fingerprint density at radius 1 is 1.40 bits per heavy atom. The minimum Gasteiger partial charge on any atom is -0.465 e. The standard InChI is InChI=1S/C13H20N2O4S/c1-4-19-13(16)10(3)15-9(2)11-6-5-7-12(8-11)20(14,17)18/h5-10,15H,4H2,1-3H3,(H2,14,17,18). The van der Waals surface area contributed by atoms with E-state index >= 15 is 0 Å². The molecule has 0 spiro atoms. The summed E-state index contributed by atoms with van der Waals surface area (Å²) in [6, 6.07) is 5.61. The smallest absolute Gasteiger partial charge is 0.322 e. The van der Waals surface area contributed by atoms with Crippen LogP contribution in [0.25, 0.3) is 0 Å². The summed E-state index contributed by atoms with van der Waals surface area (Å²) in [7, 11) is -3.73. The highest BCUT2D eigenvalue weighted by atomic mass is 32.2. The van der Waals surface area contributed by atoms with Crippen LogP contribution in [0.5, 0.6) is 0 Å². The number of primary sulfonamides is 1. The zero-order valence-corrected chi connectivity index (χ0v) is 12.6. The Morgan fingerprint density at radius 2 is 2.05 bits per heavy atom. The Labute approximate surface area is 119 Å². The van der Waals surface area contributed by atoms with Gasteiger partial charge in [0.15, 0.2) is 0 Å². The Hall–Kier alpha value is -1.44. The van der Waals surface area contributed by atoms with Crippen LogP contribution in [0.2, 0.25) is 0 Å². The molecule has 0 radical (unpaired) electrons. The highest BCUT2D eigenvalue weighted by molar-refractivity contribution is 7.89. The molecule has 0 saturated carbocycles. The lowest BCUT2D eigenvalue weighted by atomic mass is 10.1. The third-order valence-electron chi connectivity index (χ3n) is 2.83. The van der Waals surface area contributed by atoms with Crippen molar-refractivity contribution in [2.45, 2.75) is 37.8 Å². The van der Waals surface area contributed by atoms with E-state index in [9.17, 15) is 13.2 Å². The molecule has 0 fully saturated rings. The van der Waals surface area contributed by atoms with Gasteiger partial charge in [0, 0.05) is 6.04 Å². The zero-order chi connectivity index (χ0) is 15.3. The second-order valence-electron chi connectivity index (χ2n) is 4.48. The molecule has 2 unspecified atom stereocenters. The normalized spacial score (nSPS) is 14.6. The molecule has 20 heavy (non-hydrogen) atoms. The lowest BCUT2D eigenvalue weighted by Crippen LogP contribution is -2.37. The van der Waals surface area contributed by atoms with Gasteiger partial charge in [0.1, 0.15) is 6.04 Å². The molecule has 1 aromatic rings. The molecule has 6 nitrogen and oxygen atoms in total. The van der Waals surface area contributed by atoms with Gasteiger partial charge in [-0.15, -0.1) is 0 Å². The summed E-state index contributed by atoms with van der Waals surface area (Å²) in [4.78, 5) is 11.6. The molecule has 0 amide bonds. The number of sulfonamides is 1. The molecule has 3 N–H and O–H groups in total. The largest absolute Gasteiger partial charge is 0.465 e. The second-order valence-corrected chi connectivity index (χ2v) is 6.04. The van der Waals surface area contributed by atoms with E-state index in [0.717, 1.165) is 5.56 Å². The van der Waals surface area contributed by atoms with Crippen LogP contribution in [0.4, 0.5) is 0 Å². The molecule has 0 aliphatic carbocycles. The molecule has 0 aliphatic rings. The van der Waals surface area contributed by atoms with Crippen molar-refractivity contribution in [3.8, 4) is 0 Å². The van der Waals surface area contributed by atoms with Crippen LogP contribution in [0.3, 0.4) is 0 Å². The molecule has 7 heteroatoms. The van der Waals surface area contributed by atoms with Gasteiger partial charge in [-0.1, -0.05) is 12.1 Å². The molecule has 112 valence electrons. The molecule has 0 bridgehead atoms. The number of ether oxygens (including phenoxy) is 1. The maximum Gasteiger partial charge on any atom is 0.322 e. The van der Waals surface area contributed by atoms with Gasteiger partial charge in [0.2, 0.25) is 10.0 Å². The topological polar surface area (TPSA) is 98.5 Å². The number of nitrogens with one attached hydrogen (secondary N) is 1. The minimum atomic E-state index is -3.73. The molecular weight excluding hydrogens is 280 g/mol. The van der Waals surface area contributed by atoms with Crippen LogP contribution < -0.4 is 10.5 Å². The van der Waals surface area contributed by atoms with Gasteiger partial charge in [-0.2, -0.15) is 0 Å². The van der Waals surface area contributed by atoms with E-state index in [1.165, 1.54) is 12.1 Å². The van der Waals surface area contributed by atoms with Crippen molar-refractivity contribution < 1.29 is 17.9 Å². The fraction of sp³-hybridized carbons (Fsp3) is 0.462. The highest BCUT2D eigenvalue weighted by Crippen LogP contribution is 2.17. The molecule has 0 saturated heterocycles. The number of hydrogen-bond acceptors (Lipinski definition) is 5. The van der Waals surface area contributed by atoms with E-state index in [0.29, 0.717) is 6.61 Å². The summed E-state index contributed by atoms with van der Waals surface area (Å²) in [6.07, 6.45) is 0. The van der Waals surface area contributed by atoms with Crippen LogP contribution in [0.1, 0.15) is 32.4 Å². The van der Waals surface area contributed by atoms with Crippen molar-refractivity contribution in [1.82, 2.24) is 5.32 Å². The van der Waals surface area contributed by atoms with Crippen LogP contribution in [-0.2, 0) is 19.6 Å². The first kappa shape index (κ1) is 16.6. The van der Waals surface area contributed by atoms with E-state index in [1.54, 1.807) is 26.0 Å². The quantitative estimate of drug-likeness (QED) is 0.762. The van der Waals surface area contributed by atoms with Crippen LogP contribution in [-0.4, -0.2) is 27.0 Å². The van der Waals surface area contributed by atoms with Gasteiger partial charge < -0.3 is 4.74 Å². The number of rotatable bonds is 6. The second kappa shape index (κ2) is 6.83. The highest BCUT2D eigenvalue weighted by Gasteiger charge is 2.18. The fourth-order valence-corrected chi connectivity index (χ4v) is 2.34. The maximum atomic E-state index is 11.5. The maximum absolute atomic E-state index is 11.5. The number of hydrogen-bond donors (Lipinski definition) is 2. The van der Waals surface area contributed by atoms with E-state index in [-0.39, 0.29) is 16.9 Å². The summed E-state index contributed by atoms with van der Waals surface area (Å²) in [5.41, 5.74) is 0.729. The Morgan fingerprint density at radius 3 is 2.60 bits per heavy atom. The Kier molecular flexibility index (Phi) is 5.67. The minimum absolute atomic E-state index is 0.0486. The van der Waals surface area contributed by atoms with E-state index in [2.05, 4.69) is 5.32 Å². The number of benzene rings is 1. The molecule has 1 aromatic carbocycles. The molecule has 0 aromatic heterocycles. The van der Waals surface area contributed by atoms with Crippen molar-refractivity contribution in [3.63, 3.8) is 0 Å². The fourth-order valence-electron chi connectivity index (χ4n) is 1.77. The summed E-state index contributed by atoms with van der Waals surface area (Å²) in [5.74, 6) is -0.345. The SMILES string of the molecule is CCOC(=O)C(C)NC(C)c1cccc(S(N)(=O)=O)c1. The third-order valence-corrected chi connectivity index (χ3v) is 3.74. The van der Waals surface area contributed by atoms with Crippen molar-refractivity contribution in [2.75, 3.05) is 6.61 Å². The zero-order valence-electron chi connectivity index (χ0n) is 11.8. The van der Waals surface area contributed by atoms with Gasteiger partial charge >= 0.3 is 5.97 Å². The molecule has 1 rings (SSSR count). The molecular formula is C13H20N2O4S. The van der Waals surface area contributed by atoms with Crippen molar-refractivity contribution in [3.05, 3.63) is 29.8 Å². The summed E-state index contributed by atoms with van der Waals surface area (Å²) < 4.78 is 27.5.